The highest BCUT2D eigenvalue weighted by Crippen LogP contribution is 2.21. The minimum atomic E-state index is -0.250. The Bertz CT molecular complexity index is 154. The van der Waals surface area contributed by atoms with E-state index in [1.165, 1.54) is 12.8 Å². The van der Waals surface area contributed by atoms with Crippen LogP contribution in [0.25, 0.3) is 0 Å². The van der Waals surface area contributed by atoms with Gasteiger partial charge in [-0.25, -0.2) is 0 Å². The van der Waals surface area contributed by atoms with Gasteiger partial charge in [-0.15, -0.1) is 5.73 Å². The molecule has 1 fully saturated rings. The van der Waals surface area contributed by atoms with Crippen LogP contribution in [0.4, 0.5) is 0 Å². The molecule has 1 aliphatic rings. The largest absolute Gasteiger partial charge is 0.388 e. The highest BCUT2D eigenvalue weighted by Gasteiger charge is 2.12. The molecule has 1 N–H and O–H groups in total. The van der Waals surface area contributed by atoms with Gasteiger partial charge in [-0.2, -0.15) is 0 Å². The SMILES string of the molecule is C=C=C1CCCCCC1O. The molecule has 1 rings (SSSR count). The Morgan fingerprint density at radius 1 is 1.40 bits per heavy atom. The first kappa shape index (κ1) is 7.59. The van der Waals surface area contributed by atoms with E-state index < -0.39 is 0 Å². The molecule has 10 heavy (non-hydrogen) atoms. The van der Waals surface area contributed by atoms with Crippen LogP contribution in [0.2, 0.25) is 0 Å². The zero-order valence-corrected chi connectivity index (χ0v) is 6.27. The second-order valence-electron chi connectivity index (χ2n) is 2.82. The maximum atomic E-state index is 9.41. The molecule has 0 amide bonds. The van der Waals surface area contributed by atoms with E-state index in [0.717, 1.165) is 24.8 Å². The molecule has 0 bridgehead atoms. The third-order valence-electron chi connectivity index (χ3n) is 2.05. The van der Waals surface area contributed by atoms with Crippen molar-refractivity contribution in [1.82, 2.24) is 0 Å². The van der Waals surface area contributed by atoms with Crippen molar-refractivity contribution in [2.45, 2.75) is 38.2 Å². The van der Waals surface area contributed by atoms with Crippen molar-refractivity contribution in [2.24, 2.45) is 0 Å². The molecule has 0 spiro atoms. The third kappa shape index (κ3) is 1.73. The summed E-state index contributed by atoms with van der Waals surface area (Å²) in [6, 6.07) is 0. The Kier molecular flexibility index (Phi) is 2.73. The molecule has 1 heteroatoms. The minimum absolute atomic E-state index is 0.250. The maximum Gasteiger partial charge on any atom is 0.0823 e. The standard InChI is InChI=1S/C9H14O/c1-2-8-6-4-3-5-7-9(8)10/h9-10H,1,3-7H2. The van der Waals surface area contributed by atoms with Crippen LogP contribution < -0.4 is 0 Å². The molecular weight excluding hydrogens is 124 g/mol. The van der Waals surface area contributed by atoms with E-state index in [1.807, 2.05) is 0 Å². The van der Waals surface area contributed by atoms with Crippen LogP contribution in [-0.4, -0.2) is 11.2 Å². The highest BCUT2D eigenvalue weighted by atomic mass is 16.3. The van der Waals surface area contributed by atoms with E-state index in [4.69, 9.17) is 0 Å². The number of hydrogen-bond donors (Lipinski definition) is 1. The topological polar surface area (TPSA) is 20.2 Å². The second kappa shape index (κ2) is 3.60. The predicted molar refractivity (Wildman–Crippen MR) is 41.7 cm³/mol. The molecule has 1 atom stereocenters. The summed E-state index contributed by atoms with van der Waals surface area (Å²) in [5, 5.41) is 9.41. The van der Waals surface area contributed by atoms with Crippen LogP contribution in [0.3, 0.4) is 0 Å². The number of hydrogen-bond acceptors (Lipinski definition) is 1. The number of aliphatic hydroxyl groups excluding tert-OH is 1. The van der Waals surface area contributed by atoms with Crippen molar-refractivity contribution in [2.75, 3.05) is 0 Å². The van der Waals surface area contributed by atoms with Gasteiger partial charge in [0.1, 0.15) is 0 Å². The van der Waals surface area contributed by atoms with Crippen molar-refractivity contribution in [3.05, 3.63) is 17.9 Å². The average molecular weight is 138 g/mol. The summed E-state index contributed by atoms with van der Waals surface area (Å²) in [4.78, 5) is 0. The van der Waals surface area contributed by atoms with Crippen LogP contribution in [0, 0.1) is 0 Å². The fourth-order valence-corrected chi connectivity index (χ4v) is 1.38. The summed E-state index contributed by atoms with van der Waals surface area (Å²) >= 11 is 0. The summed E-state index contributed by atoms with van der Waals surface area (Å²) in [6.07, 6.45) is 5.21. The first-order valence-corrected chi connectivity index (χ1v) is 3.91. The van der Waals surface area contributed by atoms with Gasteiger partial charge in [0.05, 0.1) is 6.10 Å². The molecule has 1 nitrogen and oxygen atoms in total. The first-order chi connectivity index (χ1) is 4.84. The van der Waals surface area contributed by atoms with Crippen LogP contribution in [0.1, 0.15) is 32.1 Å². The lowest BCUT2D eigenvalue weighted by Gasteiger charge is -2.06. The maximum absolute atomic E-state index is 9.41. The predicted octanol–water partition coefficient (Wildman–Crippen LogP) is 2.02. The molecule has 1 unspecified atom stereocenters. The monoisotopic (exact) mass is 138 g/mol. The van der Waals surface area contributed by atoms with Gasteiger partial charge in [-0.3, -0.25) is 0 Å². The zero-order valence-electron chi connectivity index (χ0n) is 6.27. The molecule has 56 valence electrons. The molecule has 0 heterocycles. The summed E-state index contributed by atoms with van der Waals surface area (Å²) in [5.41, 5.74) is 3.82. The lowest BCUT2D eigenvalue weighted by molar-refractivity contribution is 0.199. The van der Waals surface area contributed by atoms with Gasteiger partial charge < -0.3 is 5.11 Å². The van der Waals surface area contributed by atoms with Crippen LogP contribution in [0.15, 0.2) is 17.9 Å². The van der Waals surface area contributed by atoms with Crippen molar-refractivity contribution in [3.63, 3.8) is 0 Å². The van der Waals surface area contributed by atoms with Gasteiger partial charge >= 0.3 is 0 Å². The van der Waals surface area contributed by atoms with E-state index in [9.17, 15) is 5.11 Å². The van der Waals surface area contributed by atoms with Crippen LogP contribution in [0.5, 0.6) is 0 Å². The minimum Gasteiger partial charge on any atom is -0.388 e. The Labute approximate surface area is 62.1 Å². The lowest BCUT2D eigenvalue weighted by atomic mass is 10.1. The highest BCUT2D eigenvalue weighted by molar-refractivity contribution is 5.06. The molecule has 1 aliphatic carbocycles. The van der Waals surface area contributed by atoms with Crippen LogP contribution >= 0.6 is 0 Å². The van der Waals surface area contributed by atoms with Gasteiger partial charge in [-0.05, 0) is 24.8 Å². The summed E-state index contributed by atoms with van der Waals surface area (Å²) in [6.45, 7) is 3.55. The number of rotatable bonds is 0. The van der Waals surface area contributed by atoms with Crippen molar-refractivity contribution >= 4 is 0 Å². The van der Waals surface area contributed by atoms with Gasteiger partial charge in [0, 0.05) is 0 Å². The molecule has 0 aromatic carbocycles. The summed E-state index contributed by atoms with van der Waals surface area (Å²) < 4.78 is 0. The molecular formula is C9H14O. The smallest absolute Gasteiger partial charge is 0.0823 e. The van der Waals surface area contributed by atoms with Crippen LogP contribution in [-0.2, 0) is 0 Å². The van der Waals surface area contributed by atoms with Gasteiger partial charge in [0.25, 0.3) is 0 Å². The van der Waals surface area contributed by atoms with Crippen molar-refractivity contribution < 1.29 is 5.11 Å². The quantitative estimate of drug-likeness (QED) is 0.401. The second-order valence-corrected chi connectivity index (χ2v) is 2.82. The van der Waals surface area contributed by atoms with Gasteiger partial charge in [0.15, 0.2) is 0 Å². The summed E-state index contributed by atoms with van der Waals surface area (Å²) in [5.74, 6) is 0. The van der Waals surface area contributed by atoms with E-state index in [-0.39, 0.29) is 6.10 Å². The lowest BCUT2D eigenvalue weighted by Crippen LogP contribution is -2.06. The third-order valence-corrected chi connectivity index (χ3v) is 2.05. The Balaban J connectivity index is 2.60. The van der Waals surface area contributed by atoms with Gasteiger partial charge in [0.2, 0.25) is 0 Å². The molecule has 0 aromatic rings. The molecule has 0 aliphatic heterocycles. The normalized spacial score (nSPS) is 27.3. The fourth-order valence-electron chi connectivity index (χ4n) is 1.38. The average Bonchev–Trinajstić information content (AvgIpc) is 2.13. The summed E-state index contributed by atoms with van der Waals surface area (Å²) in [7, 11) is 0. The molecule has 0 radical (unpaired) electrons. The number of aliphatic hydroxyl groups is 1. The molecule has 0 aromatic heterocycles. The fraction of sp³-hybridized carbons (Fsp3) is 0.667. The Morgan fingerprint density at radius 2 is 2.20 bits per heavy atom. The van der Waals surface area contributed by atoms with E-state index in [1.54, 1.807) is 0 Å². The van der Waals surface area contributed by atoms with Gasteiger partial charge in [-0.1, -0.05) is 19.4 Å². The molecule has 0 saturated heterocycles. The molecule has 1 saturated carbocycles. The van der Waals surface area contributed by atoms with E-state index in [2.05, 4.69) is 12.3 Å². The first-order valence-electron chi connectivity index (χ1n) is 3.91. The zero-order chi connectivity index (χ0) is 7.40. The van der Waals surface area contributed by atoms with E-state index in [0.29, 0.717) is 0 Å². The van der Waals surface area contributed by atoms with Crippen molar-refractivity contribution in [3.8, 4) is 0 Å². The Morgan fingerprint density at radius 3 is 2.90 bits per heavy atom. The van der Waals surface area contributed by atoms with E-state index >= 15 is 0 Å². The van der Waals surface area contributed by atoms with Crippen molar-refractivity contribution in [1.29, 1.82) is 0 Å². The Hall–Kier alpha value is -0.520.